The fourth-order valence-corrected chi connectivity index (χ4v) is 7.78. The predicted octanol–water partition coefficient (Wildman–Crippen LogP) is 3.70. The average molecular weight is 506 g/mol. The molecule has 1 saturated carbocycles. The summed E-state index contributed by atoms with van der Waals surface area (Å²) in [7, 11) is 2.09. The first-order valence-electron chi connectivity index (χ1n) is 13.1. The molecule has 8 heteroatoms. The predicted molar refractivity (Wildman–Crippen MR) is 137 cm³/mol. The van der Waals surface area contributed by atoms with Crippen molar-refractivity contribution in [1.29, 1.82) is 0 Å². The molecule has 1 amide bonds. The molecule has 1 aliphatic heterocycles. The van der Waals surface area contributed by atoms with Crippen LogP contribution in [0.5, 0.6) is 0 Å². The molecule has 0 aromatic carbocycles. The van der Waals surface area contributed by atoms with Gasteiger partial charge in [-0.2, -0.15) is 0 Å². The lowest BCUT2D eigenvalue weighted by atomic mass is 9.53. The van der Waals surface area contributed by atoms with Gasteiger partial charge in [-0.25, -0.2) is 4.98 Å². The van der Waals surface area contributed by atoms with Crippen LogP contribution in [0.25, 0.3) is 0 Å². The number of hydrogen-bond donors (Lipinski definition) is 1. The molecule has 2 fully saturated rings. The Morgan fingerprint density at radius 3 is 2.54 bits per heavy atom. The Balaban J connectivity index is 1.48. The standard InChI is InChI=1S/C27H43N3O4S/c1-16(24(32)30-12-10-29(7)11-13-30)18-8-9-27(6)14-19-22(17(2)21(27)23(18)31)28-20(35-19)15-34-25(33)26(3,4)5/h16-18,21,23,31H,8-15H2,1-7H3/t16-,17+,18+,21+,23-,27+/m0/s1. The molecule has 1 aromatic heterocycles. The van der Waals surface area contributed by atoms with Crippen LogP contribution in [0.1, 0.15) is 75.9 Å². The van der Waals surface area contributed by atoms with Crippen LogP contribution < -0.4 is 0 Å². The van der Waals surface area contributed by atoms with E-state index in [0.29, 0.717) is 0 Å². The smallest absolute Gasteiger partial charge is 0.311 e. The number of aliphatic hydroxyl groups is 1. The van der Waals surface area contributed by atoms with Gasteiger partial charge in [0.1, 0.15) is 11.6 Å². The second kappa shape index (κ2) is 9.75. The van der Waals surface area contributed by atoms with Crippen molar-refractivity contribution in [3.63, 3.8) is 0 Å². The lowest BCUT2D eigenvalue weighted by Gasteiger charge is -2.53. The van der Waals surface area contributed by atoms with Gasteiger partial charge in [0.15, 0.2) is 0 Å². The maximum absolute atomic E-state index is 13.3. The monoisotopic (exact) mass is 505 g/mol. The first kappa shape index (κ1) is 26.6. The van der Waals surface area contributed by atoms with Crippen molar-refractivity contribution < 1.29 is 19.4 Å². The van der Waals surface area contributed by atoms with Gasteiger partial charge in [-0.3, -0.25) is 9.59 Å². The van der Waals surface area contributed by atoms with E-state index in [1.165, 1.54) is 4.88 Å². The number of nitrogens with zero attached hydrogens (tertiary/aromatic N) is 3. The maximum Gasteiger partial charge on any atom is 0.311 e. The number of amides is 1. The highest BCUT2D eigenvalue weighted by Gasteiger charge is 2.54. The number of hydrogen-bond acceptors (Lipinski definition) is 7. The van der Waals surface area contributed by atoms with E-state index in [2.05, 4.69) is 25.8 Å². The van der Waals surface area contributed by atoms with E-state index < -0.39 is 11.5 Å². The molecule has 35 heavy (non-hydrogen) atoms. The Kier molecular flexibility index (Phi) is 7.39. The lowest BCUT2D eigenvalue weighted by Crippen LogP contribution is -2.55. The minimum Gasteiger partial charge on any atom is -0.458 e. The molecular weight excluding hydrogens is 462 g/mol. The van der Waals surface area contributed by atoms with Crippen molar-refractivity contribution in [3.8, 4) is 0 Å². The van der Waals surface area contributed by atoms with Gasteiger partial charge in [-0.15, -0.1) is 11.3 Å². The fraction of sp³-hybridized carbons (Fsp3) is 0.815. The van der Waals surface area contributed by atoms with E-state index in [9.17, 15) is 14.7 Å². The third-order valence-corrected chi connectivity index (χ3v) is 9.80. The number of likely N-dealkylation sites (N-methyl/N-ethyl adjacent to an activating group) is 1. The van der Waals surface area contributed by atoms with Crippen LogP contribution in [0.3, 0.4) is 0 Å². The molecule has 0 bridgehead atoms. The lowest BCUT2D eigenvalue weighted by molar-refractivity contribution is -0.154. The molecule has 196 valence electrons. The summed E-state index contributed by atoms with van der Waals surface area (Å²) in [5, 5.41) is 12.5. The molecule has 2 heterocycles. The number of piperazine rings is 1. The highest BCUT2D eigenvalue weighted by atomic mass is 32.1. The van der Waals surface area contributed by atoms with Crippen molar-refractivity contribution in [2.24, 2.45) is 28.6 Å². The van der Waals surface area contributed by atoms with Gasteiger partial charge in [0.2, 0.25) is 5.91 Å². The van der Waals surface area contributed by atoms with Crippen LogP contribution in [-0.2, 0) is 27.4 Å². The molecule has 1 aromatic rings. The number of aliphatic hydroxyl groups excluding tert-OH is 1. The van der Waals surface area contributed by atoms with Gasteiger partial charge in [0.25, 0.3) is 0 Å². The van der Waals surface area contributed by atoms with Gasteiger partial charge >= 0.3 is 5.97 Å². The third kappa shape index (κ3) is 5.16. The summed E-state index contributed by atoms with van der Waals surface area (Å²) in [6.45, 7) is 15.6. The molecular formula is C27H43N3O4S. The Morgan fingerprint density at radius 2 is 1.91 bits per heavy atom. The molecule has 1 N–H and O–H groups in total. The van der Waals surface area contributed by atoms with Crippen LogP contribution in [0.4, 0.5) is 0 Å². The summed E-state index contributed by atoms with van der Waals surface area (Å²) in [4.78, 5) is 35.9. The highest BCUT2D eigenvalue weighted by Crippen LogP contribution is 2.57. The Hall–Kier alpha value is -1.51. The molecule has 0 radical (unpaired) electrons. The normalized spacial score (nSPS) is 32.5. The summed E-state index contributed by atoms with van der Waals surface area (Å²) in [5.74, 6) is -0.105. The molecule has 1 saturated heterocycles. The zero-order chi connectivity index (χ0) is 25.7. The second-order valence-electron chi connectivity index (χ2n) is 12.5. The number of esters is 1. The van der Waals surface area contributed by atoms with E-state index in [-0.39, 0.29) is 47.6 Å². The number of rotatable bonds is 4. The number of ether oxygens (including phenoxy) is 1. The number of carbonyl (C=O) groups excluding carboxylic acids is 2. The van der Waals surface area contributed by atoms with Gasteiger partial charge < -0.3 is 19.6 Å². The van der Waals surface area contributed by atoms with E-state index in [1.807, 2.05) is 32.6 Å². The Morgan fingerprint density at radius 1 is 1.26 bits per heavy atom. The van der Waals surface area contributed by atoms with Crippen molar-refractivity contribution in [1.82, 2.24) is 14.8 Å². The quantitative estimate of drug-likeness (QED) is 0.629. The summed E-state index contributed by atoms with van der Waals surface area (Å²) in [5.41, 5.74) is 0.478. The second-order valence-corrected chi connectivity index (χ2v) is 13.7. The molecule has 7 nitrogen and oxygen atoms in total. The van der Waals surface area contributed by atoms with E-state index in [4.69, 9.17) is 9.72 Å². The minimum atomic E-state index is -0.538. The van der Waals surface area contributed by atoms with E-state index in [1.54, 1.807) is 11.3 Å². The number of aromatic nitrogens is 1. The minimum absolute atomic E-state index is 0.0230. The van der Waals surface area contributed by atoms with E-state index >= 15 is 0 Å². The van der Waals surface area contributed by atoms with Crippen molar-refractivity contribution >= 4 is 23.2 Å². The van der Waals surface area contributed by atoms with Crippen LogP contribution in [0.15, 0.2) is 0 Å². The van der Waals surface area contributed by atoms with Crippen molar-refractivity contribution in [3.05, 3.63) is 15.6 Å². The Bertz CT molecular complexity index is 949. The summed E-state index contributed by atoms with van der Waals surface area (Å²) in [6.07, 6.45) is 2.21. The molecule has 0 unspecified atom stereocenters. The molecule has 4 rings (SSSR count). The van der Waals surface area contributed by atoms with Gasteiger partial charge in [-0.1, -0.05) is 20.8 Å². The SMILES string of the molecule is C[C@H](C(=O)N1CCN(C)CC1)[C@H]1CC[C@]2(C)Cc3sc(COC(=O)C(C)(C)C)nc3[C@H](C)[C@@H]2[C@H]1O. The first-order valence-corrected chi connectivity index (χ1v) is 13.9. The molecule has 2 aliphatic carbocycles. The zero-order valence-corrected chi connectivity index (χ0v) is 23.3. The third-order valence-electron chi connectivity index (χ3n) is 8.75. The number of fused-ring (bicyclic) bond motifs is 2. The van der Waals surface area contributed by atoms with Gasteiger partial charge in [-0.05, 0) is 64.3 Å². The van der Waals surface area contributed by atoms with Crippen LogP contribution in [0, 0.1) is 28.6 Å². The molecule has 3 aliphatic rings. The Labute approximate surface area is 214 Å². The fourth-order valence-electron chi connectivity index (χ4n) is 6.50. The number of thiazole rings is 1. The van der Waals surface area contributed by atoms with Gasteiger partial charge in [0, 0.05) is 42.9 Å². The maximum atomic E-state index is 13.3. The van der Waals surface area contributed by atoms with Crippen molar-refractivity contribution in [2.75, 3.05) is 33.2 Å². The van der Waals surface area contributed by atoms with Crippen LogP contribution in [0.2, 0.25) is 0 Å². The van der Waals surface area contributed by atoms with E-state index in [0.717, 1.165) is 56.1 Å². The summed E-state index contributed by atoms with van der Waals surface area (Å²) in [6, 6.07) is 0. The molecule has 0 spiro atoms. The summed E-state index contributed by atoms with van der Waals surface area (Å²) >= 11 is 1.64. The topological polar surface area (TPSA) is 83.0 Å². The number of carbonyl (C=O) groups is 2. The zero-order valence-electron chi connectivity index (χ0n) is 22.5. The first-order chi connectivity index (χ1) is 16.3. The van der Waals surface area contributed by atoms with Gasteiger partial charge in [0.05, 0.1) is 17.2 Å². The van der Waals surface area contributed by atoms with Crippen LogP contribution in [-0.4, -0.2) is 71.1 Å². The van der Waals surface area contributed by atoms with Crippen LogP contribution >= 0.6 is 11.3 Å². The summed E-state index contributed by atoms with van der Waals surface area (Å²) < 4.78 is 5.52. The average Bonchev–Trinajstić information content (AvgIpc) is 3.19. The highest BCUT2D eigenvalue weighted by molar-refractivity contribution is 7.11. The molecule has 6 atom stereocenters. The van der Waals surface area contributed by atoms with Crippen molar-refractivity contribution in [2.45, 2.75) is 79.4 Å². The largest absolute Gasteiger partial charge is 0.458 e.